The van der Waals surface area contributed by atoms with Crippen molar-refractivity contribution in [2.75, 3.05) is 0 Å². The van der Waals surface area contributed by atoms with Crippen LogP contribution in [0, 0.1) is 23.7 Å². The molecular formula is C10H6Cl6. The molecule has 88 valence electrons. The molecule has 0 aliphatic heterocycles. The zero-order valence-electron chi connectivity index (χ0n) is 7.78. The molecule has 0 N–H and O–H groups in total. The molecule has 0 aromatic rings. The van der Waals surface area contributed by atoms with Crippen LogP contribution >= 0.6 is 69.6 Å². The lowest BCUT2D eigenvalue weighted by atomic mass is 9.39. The molecule has 4 unspecified atom stereocenters. The molecule has 0 nitrogen and oxygen atoms in total. The number of alkyl halides is 6. The standard InChI is InChI=1S/C10H6Cl6/c11-6-2-1-3-5-4(2)8(6,13)9(5,14)10(15,16)7(3,6)12/h2-5H,1H2/t2-,3-,4-,5?,6+,7?,8?,9?/m0/s1. The molecule has 6 saturated carbocycles. The molecule has 0 saturated heterocycles. The minimum Gasteiger partial charge on any atom is -0.115 e. The third-order valence-electron chi connectivity index (χ3n) is 6.20. The minimum absolute atomic E-state index is 0.231. The molecule has 6 fully saturated rings. The number of hydrogen-bond acceptors (Lipinski definition) is 0. The molecule has 0 aromatic heterocycles. The van der Waals surface area contributed by atoms with Crippen molar-refractivity contribution < 1.29 is 0 Å². The summed E-state index contributed by atoms with van der Waals surface area (Å²) in [7, 11) is 0. The number of halogens is 6. The van der Waals surface area contributed by atoms with Crippen molar-refractivity contribution in [1.82, 2.24) is 0 Å². The fourth-order valence-electron chi connectivity index (χ4n) is 5.97. The number of rotatable bonds is 0. The Morgan fingerprint density at radius 1 is 0.625 bits per heavy atom. The van der Waals surface area contributed by atoms with E-state index in [4.69, 9.17) is 69.6 Å². The summed E-state index contributed by atoms with van der Waals surface area (Å²) in [4.78, 5) is -3.09. The van der Waals surface area contributed by atoms with Crippen molar-refractivity contribution in [3.63, 3.8) is 0 Å². The third-order valence-corrected chi connectivity index (χ3v) is 11.5. The van der Waals surface area contributed by atoms with Gasteiger partial charge < -0.3 is 0 Å². The van der Waals surface area contributed by atoms with Crippen LogP contribution in [0.4, 0.5) is 0 Å². The molecule has 16 heavy (non-hydrogen) atoms. The van der Waals surface area contributed by atoms with Gasteiger partial charge in [0.2, 0.25) is 0 Å². The summed E-state index contributed by atoms with van der Waals surface area (Å²) in [5, 5.41) is 0. The van der Waals surface area contributed by atoms with E-state index in [1.54, 1.807) is 0 Å². The maximum Gasteiger partial charge on any atom is 0.160 e. The zero-order chi connectivity index (χ0) is 11.5. The van der Waals surface area contributed by atoms with Gasteiger partial charge in [0.05, 0.1) is 9.75 Å². The van der Waals surface area contributed by atoms with Crippen LogP contribution in [0.15, 0.2) is 0 Å². The predicted molar refractivity (Wildman–Crippen MR) is 67.4 cm³/mol. The Labute approximate surface area is 123 Å². The molecular weight excluding hydrogens is 333 g/mol. The normalized spacial score (nSPS) is 83.6. The molecule has 6 aliphatic carbocycles. The Morgan fingerprint density at radius 2 is 1.12 bits per heavy atom. The van der Waals surface area contributed by atoms with E-state index in [9.17, 15) is 0 Å². The highest BCUT2D eigenvalue weighted by molar-refractivity contribution is 6.65. The topological polar surface area (TPSA) is 0 Å². The van der Waals surface area contributed by atoms with Gasteiger partial charge in [-0.05, 0) is 30.1 Å². The van der Waals surface area contributed by atoms with E-state index in [0.29, 0.717) is 11.8 Å². The highest BCUT2D eigenvalue weighted by atomic mass is 35.5. The van der Waals surface area contributed by atoms with Gasteiger partial charge in [-0.25, -0.2) is 0 Å². The van der Waals surface area contributed by atoms with Crippen molar-refractivity contribution in [2.24, 2.45) is 23.7 Å². The van der Waals surface area contributed by atoms with Crippen LogP contribution in [-0.4, -0.2) is 23.8 Å². The first kappa shape index (κ1) is 10.5. The molecule has 0 heterocycles. The van der Waals surface area contributed by atoms with Crippen LogP contribution in [0.3, 0.4) is 0 Å². The maximum atomic E-state index is 6.75. The largest absolute Gasteiger partial charge is 0.160 e. The Kier molecular flexibility index (Phi) is 1.36. The Balaban J connectivity index is 1.96. The first-order valence-corrected chi connectivity index (χ1v) is 7.62. The predicted octanol–water partition coefficient (Wildman–Crippen LogP) is 3.99. The van der Waals surface area contributed by atoms with E-state index >= 15 is 0 Å². The Morgan fingerprint density at radius 3 is 1.69 bits per heavy atom. The third kappa shape index (κ3) is 0.455. The van der Waals surface area contributed by atoms with E-state index in [2.05, 4.69) is 0 Å². The fourth-order valence-corrected chi connectivity index (χ4v) is 10.4. The van der Waals surface area contributed by atoms with E-state index < -0.39 is 23.8 Å². The van der Waals surface area contributed by atoms with Gasteiger partial charge in [0.25, 0.3) is 0 Å². The summed E-state index contributed by atoms with van der Waals surface area (Å²) < 4.78 is -1.22. The minimum atomic E-state index is -1.22. The van der Waals surface area contributed by atoms with E-state index in [1.165, 1.54) is 0 Å². The van der Waals surface area contributed by atoms with Crippen LogP contribution < -0.4 is 0 Å². The van der Waals surface area contributed by atoms with Crippen molar-refractivity contribution in [3.8, 4) is 0 Å². The lowest BCUT2D eigenvalue weighted by molar-refractivity contribution is -0.106. The molecule has 6 aliphatic rings. The molecule has 0 radical (unpaired) electrons. The smallest absolute Gasteiger partial charge is 0.115 e. The zero-order valence-corrected chi connectivity index (χ0v) is 12.3. The molecule has 0 spiro atoms. The van der Waals surface area contributed by atoms with E-state index in [0.717, 1.165) is 6.42 Å². The van der Waals surface area contributed by atoms with Gasteiger partial charge in [-0.2, -0.15) is 0 Å². The second-order valence-electron chi connectivity index (χ2n) is 5.92. The molecule has 0 aromatic carbocycles. The van der Waals surface area contributed by atoms with Gasteiger partial charge in [-0.3, -0.25) is 0 Å². The molecule has 6 rings (SSSR count). The van der Waals surface area contributed by atoms with Gasteiger partial charge in [-0.15, -0.1) is 46.4 Å². The van der Waals surface area contributed by atoms with Crippen LogP contribution in [0.5, 0.6) is 0 Å². The van der Waals surface area contributed by atoms with Crippen molar-refractivity contribution in [2.45, 2.75) is 30.3 Å². The summed E-state index contributed by atoms with van der Waals surface area (Å²) in [6.07, 6.45) is 0.979. The average Bonchev–Trinajstić information content (AvgIpc) is 2.69. The molecule has 0 amide bonds. The van der Waals surface area contributed by atoms with Crippen molar-refractivity contribution >= 4 is 69.6 Å². The first-order valence-electron chi connectivity index (χ1n) is 5.36. The van der Waals surface area contributed by atoms with Crippen LogP contribution in [0.1, 0.15) is 6.42 Å². The van der Waals surface area contributed by atoms with E-state index in [1.807, 2.05) is 0 Å². The Bertz CT molecular complexity index is 463. The fraction of sp³-hybridized carbons (Fsp3) is 1.00. The summed E-state index contributed by atoms with van der Waals surface area (Å²) in [5.41, 5.74) is 0. The highest BCUT2D eigenvalue weighted by Crippen LogP contribution is 3.02. The summed E-state index contributed by atoms with van der Waals surface area (Å²) >= 11 is 39.9. The lowest BCUT2D eigenvalue weighted by Gasteiger charge is -2.76. The second-order valence-corrected chi connectivity index (χ2v) is 9.63. The molecule has 8 atom stereocenters. The van der Waals surface area contributed by atoms with Crippen molar-refractivity contribution in [1.29, 1.82) is 0 Å². The quantitative estimate of drug-likeness (QED) is 0.586. The maximum absolute atomic E-state index is 6.75. The van der Waals surface area contributed by atoms with E-state index in [-0.39, 0.29) is 11.8 Å². The van der Waals surface area contributed by atoms with Gasteiger partial charge >= 0.3 is 0 Å². The van der Waals surface area contributed by atoms with Crippen LogP contribution in [0.2, 0.25) is 0 Å². The van der Waals surface area contributed by atoms with Gasteiger partial charge in [-0.1, -0.05) is 23.2 Å². The van der Waals surface area contributed by atoms with Gasteiger partial charge in [0.1, 0.15) is 9.75 Å². The summed E-state index contributed by atoms with van der Waals surface area (Å²) in [6, 6.07) is 0. The van der Waals surface area contributed by atoms with Crippen molar-refractivity contribution in [3.05, 3.63) is 0 Å². The summed E-state index contributed by atoms with van der Waals surface area (Å²) in [5.74, 6) is 1.21. The second kappa shape index (κ2) is 2.07. The average molecular weight is 339 g/mol. The monoisotopic (exact) mass is 336 g/mol. The number of hydrogen-bond donors (Lipinski definition) is 0. The Hall–Kier alpha value is 1.74. The molecule has 4 bridgehead atoms. The SMILES string of the molecule is ClC1(Cl)C2(Cl)C3[C@@H]4[C@@H]5C[C@@H]3C1(Cl)[C@@]5(Cl)C42Cl. The highest BCUT2D eigenvalue weighted by Gasteiger charge is 3.12. The van der Waals surface area contributed by atoms with Crippen LogP contribution in [0.25, 0.3) is 0 Å². The summed E-state index contributed by atoms with van der Waals surface area (Å²) in [6.45, 7) is 0. The first-order chi connectivity index (χ1) is 7.22. The van der Waals surface area contributed by atoms with Gasteiger partial charge in [0.15, 0.2) is 4.33 Å². The molecule has 6 heteroatoms. The van der Waals surface area contributed by atoms with Gasteiger partial charge in [0, 0.05) is 0 Å². The van der Waals surface area contributed by atoms with Crippen LogP contribution in [-0.2, 0) is 0 Å². The lowest BCUT2D eigenvalue weighted by Crippen LogP contribution is -2.88.